The Kier molecular flexibility index (Phi) is 8.95. The molecular formula is C10H24N2. The molecule has 0 amide bonds. The highest BCUT2D eigenvalue weighted by atomic mass is 15.1. The Hall–Kier alpha value is -0.0800. The van der Waals surface area contributed by atoms with Crippen LogP contribution in [-0.2, 0) is 0 Å². The van der Waals surface area contributed by atoms with Gasteiger partial charge < -0.3 is 10.2 Å². The lowest BCUT2D eigenvalue weighted by Gasteiger charge is -2.14. The average Bonchev–Trinajstić information content (AvgIpc) is 2.05. The van der Waals surface area contributed by atoms with Crippen LogP contribution in [0.1, 0.15) is 33.1 Å². The summed E-state index contributed by atoms with van der Waals surface area (Å²) in [6, 6.07) is 0. The molecule has 0 saturated carbocycles. The maximum Gasteiger partial charge on any atom is -0.000969 e. The molecule has 0 unspecified atom stereocenters. The van der Waals surface area contributed by atoms with Gasteiger partial charge in [0.15, 0.2) is 0 Å². The highest BCUT2D eigenvalue weighted by molar-refractivity contribution is 4.52. The fourth-order valence-corrected chi connectivity index (χ4v) is 1.27. The van der Waals surface area contributed by atoms with Crippen LogP contribution in [0.2, 0.25) is 0 Å². The molecule has 74 valence electrons. The van der Waals surface area contributed by atoms with E-state index >= 15 is 0 Å². The summed E-state index contributed by atoms with van der Waals surface area (Å²) in [5.41, 5.74) is 0. The monoisotopic (exact) mass is 172 g/mol. The Morgan fingerprint density at radius 1 is 1.00 bits per heavy atom. The molecule has 0 heterocycles. The lowest BCUT2D eigenvalue weighted by molar-refractivity contribution is 0.327. The van der Waals surface area contributed by atoms with Crippen LogP contribution in [-0.4, -0.2) is 38.1 Å². The second-order valence-electron chi connectivity index (χ2n) is 3.41. The third kappa shape index (κ3) is 8.02. The van der Waals surface area contributed by atoms with Crippen LogP contribution in [0, 0.1) is 0 Å². The molecule has 12 heavy (non-hydrogen) atoms. The van der Waals surface area contributed by atoms with E-state index in [2.05, 4.69) is 31.1 Å². The van der Waals surface area contributed by atoms with Crippen LogP contribution in [0.25, 0.3) is 0 Å². The highest BCUT2D eigenvalue weighted by Crippen LogP contribution is 1.88. The molecule has 2 heteroatoms. The Morgan fingerprint density at radius 2 is 1.75 bits per heavy atom. The van der Waals surface area contributed by atoms with Crippen molar-refractivity contribution in [1.29, 1.82) is 0 Å². The minimum Gasteiger partial charge on any atom is -0.317 e. The van der Waals surface area contributed by atoms with Gasteiger partial charge in [-0.3, -0.25) is 0 Å². The van der Waals surface area contributed by atoms with Crippen molar-refractivity contribution >= 4 is 0 Å². The number of nitrogens with zero attached hydrogens (tertiary/aromatic N) is 1. The third-order valence-corrected chi connectivity index (χ3v) is 1.93. The van der Waals surface area contributed by atoms with Crippen LogP contribution in [0.5, 0.6) is 0 Å². The van der Waals surface area contributed by atoms with Gasteiger partial charge in [-0.1, -0.05) is 13.8 Å². The fraction of sp³-hybridized carbons (Fsp3) is 1.00. The second kappa shape index (κ2) is 9.01. The van der Waals surface area contributed by atoms with E-state index in [1.165, 1.54) is 38.9 Å². The molecule has 0 aromatic rings. The molecule has 0 aliphatic heterocycles. The number of rotatable bonds is 8. The minimum absolute atomic E-state index is 1.16. The molecule has 0 radical (unpaired) electrons. The third-order valence-electron chi connectivity index (χ3n) is 1.93. The quantitative estimate of drug-likeness (QED) is 0.561. The van der Waals surface area contributed by atoms with E-state index in [9.17, 15) is 0 Å². The summed E-state index contributed by atoms with van der Waals surface area (Å²) in [7, 11) is 2.20. The van der Waals surface area contributed by atoms with E-state index in [1.807, 2.05) is 0 Å². The van der Waals surface area contributed by atoms with Gasteiger partial charge in [0, 0.05) is 0 Å². The molecule has 0 rings (SSSR count). The highest BCUT2D eigenvalue weighted by Gasteiger charge is 1.94. The van der Waals surface area contributed by atoms with Crippen LogP contribution in [0.15, 0.2) is 0 Å². The molecule has 0 fully saturated rings. The Morgan fingerprint density at radius 3 is 2.33 bits per heavy atom. The van der Waals surface area contributed by atoms with Crippen molar-refractivity contribution in [1.82, 2.24) is 10.2 Å². The second-order valence-corrected chi connectivity index (χ2v) is 3.41. The number of hydrogen-bond donors (Lipinski definition) is 1. The summed E-state index contributed by atoms with van der Waals surface area (Å²) >= 11 is 0. The summed E-state index contributed by atoms with van der Waals surface area (Å²) < 4.78 is 0. The van der Waals surface area contributed by atoms with Gasteiger partial charge in [0.05, 0.1) is 0 Å². The molecule has 0 aromatic carbocycles. The van der Waals surface area contributed by atoms with Gasteiger partial charge in [0.25, 0.3) is 0 Å². The van der Waals surface area contributed by atoms with Crippen molar-refractivity contribution in [2.75, 3.05) is 33.2 Å². The Balaban J connectivity index is 2.97. The number of nitrogens with one attached hydrogen (secondary N) is 1. The molecule has 2 nitrogen and oxygen atoms in total. The van der Waals surface area contributed by atoms with Crippen molar-refractivity contribution < 1.29 is 0 Å². The first-order valence-corrected chi connectivity index (χ1v) is 5.20. The molecule has 0 aliphatic carbocycles. The summed E-state index contributed by atoms with van der Waals surface area (Å²) in [5.74, 6) is 0. The zero-order valence-corrected chi connectivity index (χ0v) is 8.90. The number of hydrogen-bond acceptors (Lipinski definition) is 2. The van der Waals surface area contributed by atoms with Gasteiger partial charge in [0.1, 0.15) is 0 Å². The van der Waals surface area contributed by atoms with E-state index in [-0.39, 0.29) is 0 Å². The van der Waals surface area contributed by atoms with E-state index < -0.39 is 0 Å². The van der Waals surface area contributed by atoms with Gasteiger partial charge in [-0.2, -0.15) is 0 Å². The van der Waals surface area contributed by atoms with Gasteiger partial charge in [-0.25, -0.2) is 0 Å². The predicted molar refractivity (Wildman–Crippen MR) is 55.6 cm³/mol. The van der Waals surface area contributed by atoms with E-state index in [0.717, 1.165) is 6.54 Å². The largest absolute Gasteiger partial charge is 0.317 e. The molecule has 1 N–H and O–H groups in total. The van der Waals surface area contributed by atoms with Gasteiger partial charge in [0.2, 0.25) is 0 Å². The maximum absolute atomic E-state index is 3.41. The molecule has 0 aromatic heterocycles. The molecule has 0 aliphatic rings. The summed E-state index contributed by atoms with van der Waals surface area (Å²) in [5, 5.41) is 3.41. The van der Waals surface area contributed by atoms with E-state index in [4.69, 9.17) is 0 Å². The first-order valence-electron chi connectivity index (χ1n) is 5.20. The van der Waals surface area contributed by atoms with Crippen LogP contribution < -0.4 is 5.32 Å². The lowest BCUT2D eigenvalue weighted by atomic mass is 10.3. The van der Waals surface area contributed by atoms with E-state index in [0.29, 0.717) is 0 Å². The summed E-state index contributed by atoms with van der Waals surface area (Å²) in [6.45, 7) is 9.22. The smallest absolute Gasteiger partial charge is 0.000969 e. The van der Waals surface area contributed by atoms with Crippen LogP contribution in [0.4, 0.5) is 0 Å². The SMILES string of the molecule is CCCNCCCN(C)CCC. The van der Waals surface area contributed by atoms with Crippen LogP contribution in [0.3, 0.4) is 0 Å². The Bertz CT molecular complexity index is 83.9. The van der Waals surface area contributed by atoms with Crippen molar-refractivity contribution in [2.45, 2.75) is 33.1 Å². The average molecular weight is 172 g/mol. The van der Waals surface area contributed by atoms with Crippen LogP contribution >= 0.6 is 0 Å². The van der Waals surface area contributed by atoms with Crippen molar-refractivity contribution in [3.63, 3.8) is 0 Å². The van der Waals surface area contributed by atoms with Gasteiger partial charge >= 0.3 is 0 Å². The normalized spacial score (nSPS) is 11.0. The standard InChI is InChI=1S/C10H24N2/c1-4-7-11-8-6-10-12(3)9-5-2/h11H,4-10H2,1-3H3. The molecule has 0 saturated heterocycles. The maximum atomic E-state index is 3.41. The summed E-state index contributed by atoms with van der Waals surface area (Å²) in [4.78, 5) is 2.40. The Labute approximate surface area is 77.3 Å². The first-order chi connectivity index (χ1) is 5.81. The van der Waals surface area contributed by atoms with Gasteiger partial charge in [-0.15, -0.1) is 0 Å². The lowest BCUT2D eigenvalue weighted by Crippen LogP contribution is -2.25. The molecule has 0 spiro atoms. The summed E-state index contributed by atoms with van der Waals surface area (Å²) in [6.07, 6.45) is 3.78. The topological polar surface area (TPSA) is 15.3 Å². The zero-order chi connectivity index (χ0) is 9.23. The molecule has 0 bridgehead atoms. The molecular weight excluding hydrogens is 148 g/mol. The zero-order valence-electron chi connectivity index (χ0n) is 8.90. The molecule has 0 atom stereocenters. The predicted octanol–water partition coefficient (Wildman–Crippen LogP) is 1.72. The fourth-order valence-electron chi connectivity index (χ4n) is 1.27. The van der Waals surface area contributed by atoms with Crippen molar-refractivity contribution in [2.24, 2.45) is 0 Å². The first kappa shape index (κ1) is 11.9. The van der Waals surface area contributed by atoms with Crippen molar-refractivity contribution in [3.05, 3.63) is 0 Å². The van der Waals surface area contributed by atoms with Gasteiger partial charge in [-0.05, 0) is 52.5 Å². The van der Waals surface area contributed by atoms with Crippen molar-refractivity contribution in [3.8, 4) is 0 Å². The minimum atomic E-state index is 1.16. The van der Waals surface area contributed by atoms with E-state index in [1.54, 1.807) is 0 Å².